The summed E-state index contributed by atoms with van der Waals surface area (Å²) >= 11 is 4.97. The summed E-state index contributed by atoms with van der Waals surface area (Å²) in [6, 6.07) is 0.0388. The van der Waals surface area contributed by atoms with Crippen LogP contribution in [-0.4, -0.2) is 41.0 Å². The fraction of sp³-hybridized carbons (Fsp3) is 0.714. The van der Waals surface area contributed by atoms with Gasteiger partial charge in [0, 0.05) is 13.6 Å². The van der Waals surface area contributed by atoms with Crippen LogP contribution < -0.4 is 0 Å². The van der Waals surface area contributed by atoms with Gasteiger partial charge in [-0.3, -0.25) is 4.90 Å². The maximum atomic E-state index is 11.3. The molecule has 0 spiro atoms. The summed E-state index contributed by atoms with van der Waals surface area (Å²) in [5.74, 6) is 0. The van der Waals surface area contributed by atoms with E-state index in [0.29, 0.717) is 6.54 Å². The van der Waals surface area contributed by atoms with Gasteiger partial charge in [0.05, 0.1) is 6.54 Å². The van der Waals surface area contributed by atoms with Gasteiger partial charge in [-0.2, -0.15) is 0 Å². The Bertz CT molecular complexity index is 193. The highest BCUT2D eigenvalue weighted by Crippen LogP contribution is 2.08. The van der Waals surface area contributed by atoms with Crippen molar-refractivity contribution >= 4 is 23.2 Å². The van der Waals surface area contributed by atoms with E-state index in [0.717, 1.165) is 18.0 Å². The van der Waals surface area contributed by atoms with Gasteiger partial charge in [0.25, 0.3) is 0 Å². The Morgan fingerprint density at radius 3 is 2.64 bits per heavy atom. The molecule has 1 aliphatic heterocycles. The molecule has 0 bridgehead atoms. The fourth-order valence-electron chi connectivity index (χ4n) is 1.10. The molecule has 1 heterocycles. The summed E-state index contributed by atoms with van der Waals surface area (Å²) in [5.41, 5.74) is 0. The van der Waals surface area contributed by atoms with Crippen molar-refractivity contribution in [1.82, 2.24) is 9.80 Å². The third-order valence-electron chi connectivity index (χ3n) is 1.75. The number of thiocarbonyl (C=S) groups is 1. The second kappa shape index (κ2) is 3.17. The first-order chi connectivity index (χ1) is 5.16. The molecule has 11 heavy (non-hydrogen) atoms. The van der Waals surface area contributed by atoms with Crippen LogP contribution in [0.2, 0.25) is 0 Å². The van der Waals surface area contributed by atoms with Crippen LogP contribution in [0.25, 0.3) is 0 Å². The minimum Gasteiger partial charge on any atom is -0.318 e. The van der Waals surface area contributed by atoms with Crippen molar-refractivity contribution in [3.8, 4) is 0 Å². The lowest BCUT2D eigenvalue weighted by Crippen LogP contribution is -2.30. The fourth-order valence-corrected chi connectivity index (χ4v) is 1.33. The molecular formula is C7H12N2OS. The van der Waals surface area contributed by atoms with Gasteiger partial charge in [-0.25, -0.2) is 4.79 Å². The van der Waals surface area contributed by atoms with Crippen LogP contribution in [0, 0.1) is 0 Å². The molecule has 0 aromatic carbocycles. The number of hydrogen-bond acceptors (Lipinski definition) is 2. The molecule has 4 heteroatoms. The van der Waals surface area contributed by atoms with Gasteiger partial charge in [0.1, 0.15) is 4.99 Å². The molecule has 0 saturated carbocycles. The van der Waals surface area contributed by atoms with Crippen molar-refractivity contribution < 1.29 is 4.79 Å². The highest BCUT2D eigenvalue weighted by Gasteiger charge is 2.28. The average molecular weight is 172 g/mol. The summed E-state index contributed by atoms with van der Waals surface area (Å²) < 4.78 is 0. The lowest BCUT2D eigenvalue weighted by molar-refractivity contribution is 0.201. The van der Waals surface area contributed by atoms with Crippen molar-refractivity contribution in [3.63, 3.8) is 0 Å². The molecule has 3 nitrogen and oxygen atoms in total. The van der Waals surface area contributed by atoms with Gasteiger partial charge in [-0.15, -0.1) is 0 Å². The SMILES string of the molecule is CCCN1CC(=S)N(C)C1=O. The lowest BCUT2D eigenvalue weighted by atomic mass is 10.4. The highest BCUT2D eigenvalue weighted by atomic mass is 32.1. The molecule has 0 aromatic heterocycles. The predicted molar refractivity (Wildman–Crippen MR) is 47.6 cm³/mol. The number of urea groups is 1. The van der Waals surface area contributed by atoms with Crippen LogP contribution >= 0.6 is 12.2 Å². The van der Waals surface area contributed by atoms with Crippen molar-refractivity contribution in [1.29, 1.82) is 0 Å². The maximum Gasteiger partial charge on any atom is 0.325 e. The Morgan fingerprint density at radius 1 is 1.64 bits per heavy atom. The molecular weight excluding hydrogens is 160 g/mol. The molecule has 1 fully saturated rings. The number of amides is 2. The summed E-state index contributed by atoms with van der Waals surface area (Å²) in [6.07, 6.45) is 0.988. The highest BCUT2D eigenvalue weighted by molar-refractivity contribution is 7.80. The van der Waals surface area contributed by atoms with Gasteiger partial charge in [0.2, 0.25) is 0 Å². The van der Waals surface area contributed by atoms with E-state index < -0.39 is 0 Å². The monoisotopic (exact) mass is 172 g/mol. The Hall–Kier alpha value is -0.640. The topological polar surface area (TPSA) is 23.6 Å². The Kier molecular flexibility index (Phi) is 2.44. The van der Waals surface area contributed by atoms with Gasteiger partial charge >= 0.3 is 6.03 Å². The van der Waals surface area contributed by atoms with Gasteiger partial charge in [-0.1, -0.05) is 19.1 Å². The second-order valence-electron chi connectivity index (χ2n) is 2.66. The third kappa shape index (κ3) is 1.50. The second-order valence-corrected chi connectivity index (χ2v) is 3.13. The smallest absolute Gasteiger partial charge is 0.318 e. The standard InChI is InChI=1S/C7H12N2OS/c1-3-4-9-5-6(11)8(2)7(9)10/h3-5H2,1-2H3. The van der Waals surface area contributed by atoms with Gasteiger partial charge < -0.3 is 4.90 Å². The summed E-state index contributed by atoms with van der Waals surface area (Å²) in [6.45, 7) is 3.48. The Morgan fingerprint density at radius 2 is 2.27 bits per heavy atom. The molecule has 1 aliphatic rings. The minimum absolute atomic E-state index is 0.0388. The van der Waals surface area contributed by atoms with E-state index >= 15 is 0 Å². The molecule has 0 N–H and O–H groups in total. The summed E-state index contributed by atoms with van der Waals surface area (Å²) in [5, 5.41) is 0. The van der Waals surface area contributed by atoms with Crippen molar-refractivity contribution in [3.05, 3.63) is 0 Å². The van der Waals surface area contributed by atoms with E-state index in [2.05, 4.69) is 6.92 Å². The quantitative estimate of drug-likeness (QED) is 0.582. The zero-order valence-electron chi connectivity index (χ0n) is 6.83. The van der Waals surface area contributed by atoms with Gasteiger partial charge in [-0.05, 0) is 6.42 Å². The normalized spacial score (nSPS) is 18.4. The molecule has 0 aromatic rings. The first kappa shape index (κ1) is 8.46. The number of carbonyl (C=O) groups excluding carboxylic acids is 1. The molecule has 0 radical (unpaired) electrons. The molecule has 0 unspecified atom stereocenters. The summed E-state index contributed by atoms with van der Waals surface area (Å²) in [4.78, 5) is 15.3. The van der Waals surface area contributed by atoms with Crippen molar-refractivity contribution in [2.75, 3.05) is 20.1 Å². The molecule has 1 rings (SSSR count). The largest absolute Gasteiger partial charge is 0.325 e. The maximum absolute atomic E-state index is 11.3. The van der Waals surface area contributed by atoms with Crippen LogP contribution in [0.1, 0.15) is 13.3 Å². The van der Waals surface area contributed by atoms with Crippen LogP contribution in [0.3, 0.4) is 0 Å². The lowest BCUT2D eigenvalue weighted by Gasteiger charge is -2.12. The van der Waals surface area contributed by atoms with Crippen LogP contribution in [-0.2, 0) is 0 Å². The van der Waals surface area contributed by atoms with Gasteiger partial charge in [0.15, 0.2) is 0 Å². The van der Waals surface area contributed by atoms with Crippen LogP contribution in [0.15, 0.2) is 0 Å². The van der Waals surface area contributed by atoms with E-state index in [1.165, 1.54) is 4.90 Å². The Labute approximate surface area is 72.0 Å². The van der Waals surface area contributed by atoms with E-state index in [-0.39, 0.29) is 6.03 Å². The first-order valence-electron chi connectivity index (χ1n) is 3.72. The van der Waals surface area contributed by atoms with E-state index in [1.807, 2.05) is 0 Å². The zero-order chi connectivity index (χ0) is 8.43. The molecule has 0 aliphatic carbocycles. The van der Waals surface area contributed by atoms with Crippen LogP contribution in [0.4, 0.5) is 4.79 Å². The number of nitrogens with zero attached hydrogens (tertiary/aromatic N) is 2. The summed E-state index contributed by atoms with van der Waals surface area (Å²) in [7, 11) is 1.72. The Balaban J connectivity index is 2.60. The number of hydrogen-bond donors (Lipinski definition) is 0. The van der Waals surface area contributed by atoms with Crippen molar-refractivity contribution in [2.24, 2.45) is 0 Å². The molecule has 1 saturated heterocycles. The zero-order valence-corrected chi connectivity index (χ0v) is 7.65. The minimum atomic E-state index is 0.0388. The van der Waals surface area contributed by atoms with Crippen molar-refractivity contribution in [2.45, 2.75) is 13.3 Å². The first-order valence-corrected chi connectivity index (χ1v) is 4.13. The number of carbonyl (C=O) groups is 1. The van der Waals surface area contributed by atoms with E-state index in [1.54, 1.807) is 11.9 Å². The van der Waals surface area contributed by atoms with E-state index in [4.69, 9.17) is 12.2 Å². The number of likely N-dealkylation sites (N-methyl/N-ethyl adjacent to an activating group) is 1. The predicted octanol–water partition coefficient (Wildman–Crippen LogP) is 1.09. The molecule has 2 amide bonds. The van der Waals surface area contributed by atoms with E-state index in [9.17, 15) is 4.79 Å². The van der Waals surface area contributed by atoms with Crippen LogP contribution in [0.5, 0.6) is 0 Å². The molecule has 0 atom stereocenters. The average Bonchev–Trinajstić information content (AvgIpc) is 2.19. The number of rotatable bonds is 2. The molecule has 62 valence electrons. The third-order valence-corrected chi connectivity index (χ3v) is 2.15.